The highest BCUT2D eigenvalue weighted by Gasteiger charge is 2.74. The lowest BCUT2D eigenvalue weighted by Gasteiger charge is -2.36. The number of carbonyl (C=O) groups is 3. The number of nitrogens with zero attached hydrogens (tertiary/aromatic N) is 2. The summed E-state index contributed by atoms with van der Waals surface area (Å²) in [5.41, 5.74) is 0.581. The van der Waals surface area contributed by atoms with Gasteiger partial charge in [0.1, 0.15) is 5.54 Å². The van der Waals surface area contributed by atoms with Crippen molar-refractivity contribution in [1.29, 1.82) is 0 Å². The Labute approximate surface area is 182 Å². The fourth-order valence-corrected chi connectivity index (χ4v) is 6.42. The number of benzene rings is 2. The molecule has 1 N–H and O–H groups in total. The molecule has 0 bridgehead atoms. The van der Waals surface area contributed by atoms with E-state index in [2.05, 4.69) is 10.2 Å². The molecule has 2 aromatic carbocycles. The van der Waals surface area contributed by atoms with Crippen molar-refractivity contribution in [2.45, 2.75) is 24.4 Å². The van der Waals surface area contributed by atoms with Gasteiger partial charge in [-0.3, -0.25) is 19.3 Å². The fraction of sp³-hybridized carbons (Fsp3) is 0.318. The highest BCUT2D eigenvalue weighted by atomic mass is 35.5. The van der Waals surface area contributed by atoms with E-state index in [4.69, 9.17) is 23.2 Å². The molecule has 30 heavy (non-hydrogen) atoms. The van der Waals surface area contributed by atoms with Gasteiger partial charge in [-0.2, -0.15) is 0 Å². The van der Waals surface area contributed by atoms with E-state index >= 15 is 0 Å². The van der Waals surface area contributed by atoms with Crippen LogP contribution in [0.25, 0.3) is 0 Å². The number of halogens is 2. The van der Waals surface area contributed by atoms with Crippen LogP contribution in [0.2, 0.25) is 10.0 Å². The molecule has 8 heteroatoms. The molecular weight excluding hydrogens is 425 g/mol. The lowest BCUT2D eigenvalue weighted by Crippen LogP contribution is -2.54. The van der Waals surface area contributed by atoms with Gasteiger partial charge in [0.15, 0.2) is 0 Å². The minimum atomic E-state index is -1.17. The van der Waals surface area contributed by atoms with Gasteiger partial charge in [0.2, 0.25) is 17.7 Å². The van der Waals surface area contributed by atoms with Crippen LogP contribution in [0.1, 0.15) is 18.4 Å². The molecule has 0 saturated carbocycles. The third kappa shape index (κ3) is 2.02. The molecule has 4 heterocycles. The van der Waals surface area contributed by atoms with Crippen LogP contribution >= 0.6 is 23.2 Å². The van der Waals surface area contributed by atoms with Crippen molar-refractivity contribution < 1.29 is 14.4 Å². The molecule has 152 valence electrons. The molecule has 4 aliphatic heterocycles. The van der Waals surface area contributed by atoms with Crippen LogP contribution < -0.4 is 10.2 Å². The first-order valence-electron chi connectivity index (χ1n) is 9.97. The van der Waals surface area contributed by atoms with Crippen LogP contribution in [-0.4, -0.2) is 35.2 Å². The summed E-state index contributed by atoms with van der Waals surface area (Å²) in [4.78, 5) is 44.1. The normalized spacial score (nSPS) is 32.0. The molecule has 0 aromatic heterocycles. The lowest BCUT2D eigenvalue weighted by atomic mass is 9.75. The molecular formula is C22H17Cl2N3O3. The summed E-state index contributed by atoms with van der Waals surface area (Å²) in [6, 6.07) is 12.0. The SMILES string of the molecule is O=C1[C@@H]2[C@H]3CCCN3[C@]3(C(=O)Nc4ccccc43)[C@@H]2C(=O)N1c1cc(Cl)ccc1Cl. The average molecular weight is 442 g/mol. The van der Waals surface area contributed by atoms with Gasteiger partial charge in [-0.1, -0.05) is 41.4 Å². The van der Waals surface area contributed by atoms with E-state index in [-0.39, 0.29) is 28.6 Å². The number of fused-ring (bicyclic) bond motifs is 7. The van der Waals surface area contributed by atoms with Crippen molar-refractivity contribution in [3.63, 3.8) is 0 Å². The van der Waals surface area contributed by atoms with Crippen molar-refractivity contribution in [3.05, 3.63) is 58.1 Å². The zero-order valence-electron chi connectivity index (χ0n) is 15.8. The van der Waals surface area contributed by atoms with Gasteiger partial charge in [0, 0.05) is 22.3 Å². The first kappa shape index (κ1) is 18.4. The van der Waals surface area contributed by atoms with E-state index < -0.39 is 23.3 Å². The van der Waals surface area contributed by atoms with Crippen molar-refractivity contribution in [2.75, 3.05) is 16.8 Å². The van der Waals surface area contributed by atoms with Crippen molar-refractivity contribution in [2.24, 2.45) is 11.8 Å². The Kier molecular flexibility index (Phi) is 3.71. The number of nitrogens with one attached hydrogen (secondary N) is 1. The predicted molar refractivity (Wildman–Crippen MR) is 112 cm³/mol. The Morgan fingerprint density at radius 1 is 1.03 bits per heavy atom. The summed E-state index contributed by atoms with van der Waals surface area (Å²) in [7, 11) is 0. The van der Waals surface area contributed by atoms with Crippen LogP contribution in [0.4, 0.5) is 11.4 Å². The molecule has 4 atom stereocenters. The fourth-order valence-electron chi connectivity index (χ4n) is 6.05. The van der Waals surface area contributed by atoms with Gasteiger partial charge in [-0.05, 0) is 43.7 Å². The van der Waals surface area contributed by atoms with Crippen molar-refractivity contribution in [1.82, 2.24) is 4.90 Å². The van der Waals surface area contributed by atoms with E-state index in [0.29, 0.717) is 17.3 Å². The van der Waals surface area contributed by atoms with Crippen LogP contribution in [0.5, 0.6) is 0 Å². The second-order valence-corrected chi connectivity index (χ2v) is 9.12. The second-order valence-electron chi connectivity index (χ2n) is 8.28. The molecule has 0 radical (unpaired) electrons. The molecule has 2 aromatic rings. The second kappa shape index (κ2) is 6.06. The summed E-state index contributed by atoms with van der Waals surface area (Å²) in [6.07, 6.45) is 1.65. The summed E-state index contributed by atoms with van der Waals surface area (Å²) in [6.45, 7) is 0.678. The van der Waals surface area contributed by atoms with Crippen LogP contribution in [0.3, 0.4) is 0 Å². The number of para-hydroxylation sites is 1. The van der Waals surface area contributed by atoms with Crippen molar-refractivity contribution >= 4 is 52.3 Å². The number of hydrogen-bond acceptors (Lipinski definition) is 4. The number of carbonyl (C=O) groups excluding carboxylic acids is 3. The van der Waals surface area contributed by atoms with Crippen molar-refractivity contribution in [3.8, 4) is 0 Å². The Morgan fingerprint density at radius 3 is 2.67 bits per heavy atom. The monoisotopic (exact) mass is 441 g/mol. The van der Waals surface area contributed by atoms with Gasteiger partial charge < -0.3 is 5.32 Å². The minimum absolute atomic E-state index is 0.161. The number of hydrogen-bond donors (Lipinski definition) is 1. The summed E-state index contributed by atoms with van der Waals surface area (Å²) >= 11 is 12.5. The number of rotatable bonds is 1. The van der Waals surface area contributed by atoms with Crippen LogP contribution in [-0.2, 0) is 19.9 Å². The van der Waals surface area contributed by atoms with Gasteiger partial charge in [-0.15, -0.1) is 0 Å². The Bertz CT molecular complexity index is 1150. The molecule has 0 unspecified atom stereocenters. The van der Waals surface area contributed by atoms with E-state index in [1.54, 1.807) is 12.1 Å². The van der Waals surface area contributed by atoms with Gasteiger partial charge in [-0.25, -0.2) is 4.90 Å². The summed E-state index contributed by atoms with van der Waals surface area (Å²) in [5, 5.41) is 3.61. The molecule has 0 aliphatic carbocycles. The third-order valence-corrected chi connectivity index (χ3v) is 7.60. The third-order valence-electron chi connectivity index (χ3n) is 7.05. The van der Waals surface area contributed by atoms with Crippen LogP contribution in [0, 0.1) is 11.8 Å². The summed E-state index contributed by atoms with van der Waals surface area (Å²) < 4.78 is 0. The smallest absolute Gasteiger partial charge is 0.250 e. The number of amides is 3. The van der Waals surface area contributed by atoms with Crippen LogP contribution in [0.15, 0.2) is 42.5 Å². The minimum Gasteiger partial charge on any atom is -0.324 e. The maximum Gasteiger partial charge on any atom is 0.250 e. The maximum atomic E-state index is 13.8. The zero-order chi connectivity index (χ0) is 20.8. The highest BCUT2D eigenvalue weighted by Crippen LogP contribution is 2.60. The Balaban J connectivity index is 1.57. The first-order valence-corrected chi connectivity index (χ1v) is 10.7. The molecule has 6 rings (SSSR count). The van der Waals surface area contributed by atoms with E-state index in [1.165, 1.54) is 6.07 Å². The van der Waals surface area contributed by atoms with E-state index in [1.807, 2.05) is 24.3 Å². The average Bonchev–Trinajstić information content (AvgIpc) is 3.42. The molecule has 3 amide bonds. The van der Waals surface area contributed by atoms with Gasteiger partial charge >= 0.3 is 0 Å². The van der Waals surface area contributed by atoms with Gasteiger partial charge in [0.25, 0.3) is 0 Å². The maximum absolute atomic E-state index is 13.8. The summed E-state index contributed by atoms with van der Waals surface area (Å²) in [5.74, 6) is -2.32. The predicted octanol–water partition coefficient (Wildman–Crippen LogP) is 3.42. The molecule has 3 fully saturated rings. The Morgan fingerprint density at radius 2 is 1.83 bits per heavy atom. The number of anilines is 2. The standard InChI is InChI=1S/C22H17Cl2N3O3/c23-11-7-8-13(24)16(10-11)27-19(28)17-15-6-3-9-26(15)22(18(17)20(27)29)12-4-1-2-5-14(12)25-21(22)30/h1-2,4-5,7-8,10,15,17-18H,3,6,9H2,(H,25,30)/t15-,17-,18+,22+/m1/s1. The lowest BCUT2D eigenvalue weighted by molar-refractivity contribution is -0.135. The molecule has 1 spiro atoms. The Hall–Kier alpha value is -2.41. The molecule has 3 saturated heterocycles. The quantitative estimate of drug-likeness (QED) is 0.688. The zero-order valence-corrected chi connectivity index (χ0v) is 17.3. The molecule has 6 nitrogen and oxygen atoms in total. The van der Waals surface area contributed by atoms with E-state index in [0.717, 1.165) is 23.3 Å². The van der Waals surface area contributed by atoms with Gasteiger partial charge in [0.05, 0.1) is 22.5 Å². The first-order chi connectivity index (χ1) is 14.5. The molecule has 4 aliphatic rings. The number of imide groups is 1. The largest absolute Gasteiger partial charge is 0.324 e. The van der Waals surface area contributed by atoms with E-state index in [9.17, 15) is 14.4 Å². The highest BCUT2D eigenvalue weighted by molar-refractivity contribution is 6.38. The topological polar surface area (TPSA) is 69.7 Å².